The van der Waals surface area contributed by atoms with Crippen molar-refractivity contribution in [1.29, 1.82) is 0 Å². The minimum Gasteiger partial charge on any atom is -0.390 e. The lowest BCUT2D eigenvalue weighted by Gasteiger charge is -2.28. The maximum Gasteiger partial charge on any atom is 0.0847 e. The number of piperidine rings is 1. The molecule has 0 saturated carbocycles. The molecule has 1 fully saturated rings. The number of nitrogens with one attached hydrogen (secondary N) is 1. The lowest BCUT2D eigenvalue weighted by molar-refractivity contribution is 0.218. The van der Waals surface area contributed by atoms with E-state index in [1.54, 1.807) is 0 Å². The van der Waals surface area contributed by atoms with E-state index in [1.807, 2.05) is 6.07 Å². The molecule has 0 aliphatic carbocycles. The predicted molar refractivity (Wildman–Crippen MR) is 58.4 cm³/mol. The average Bonchev–Trinajstić information content (AvgIpc) is 2.69. The summed E-state index contributed by atoms with van der Waals surface area (Å²) >= 11 is 0. The van der Waals surface area contributed by atoms with Crippen LogP contribution in [0.5, 0.6) is 0 Å². The lowest BCUT2D eigenvalue weighted by atomic mass is 9.92. The Morgan fingerprint density at radius 3 is 2.87 bits per heavy atom. The first-order chi connectivity index (χ1) is 7.28. The van der Waals surface area contributed by atoms with Crippen molar-refractivity contribution in [3.05, 3.63) is 17.5 Å². The SMILES string of the molecule is CN1CCC(Cc2cc(CO)[nH]n2)CC1. The molecule has 1 aromatic rings. The average molecular weight is 209 g/mol. The minimum atomic E-state index is 0.0560. The van der Waals surface area contributed by atoms with Gasteiger partial charge >= 0.3 is 0 Å². The van der Waals surface area contributed by atoms with Gasteiger partial charge in [0.05, 0.1) is 18.0 Å². The first-order valence-electron chi connectivity index (χ1n) is 5.60. The van der Waals surface area contributed by atoms with Gasteiger partial charge in [-0.1, -0.05) is 0 Å². The second-order valence-corrected chi connectivity index (χ2v) is 4.49. The number of aromatic nitrogens is 2. The molecule has 84 valence electrons. The molecule has 0 radical (unpaired) electrons. The molecule has 0 spiro atoms. The van der Waals surface area contributed by atoms with Gasteiger partial charge in [0, 0.05) is 0 Å². The zero-order chi connectivity index (χ0) is 10.7. The Labute approximate surface area is 90.3 Å². The normalized spacial score (nSPS) is 19.6. The number of likely N-dealkylation sites (tertiary alicyclic amines) is 1. The molecule has 2 heterocycles. The summed E-state index contributed by atoms with van der Waals surface area (Å²) in [6.45, 7) is 2.45. The standard InChI is InChI=1S/C11H19N3O/c1-14-4-2-9(3-5-14)6-10-7-11(8-15)13-12-10/h7,9,15H,2-6,8H2,1H3,(H,12,13). The summed E-state index contributed by atoms with van der Waals surface area (Å²) in [5.41, 5.74) is 1.91. The molecule has 2 N–H and O–H groups in total. The number of hydrogen-bond donors (Lipinski definition) is 2. The van der Waals surface area contributed by atoms with Crippen molar-refractivity contribution in [2.24, 2.45) is 5.92 Å². The number of aliphatic hydroxyl groups excluding tert-OH is 1. The first-order valence-corrected chi connectivity index (χ1v) is 5.60. The van der Waals surface area contributed by atoms with Gasteiger partial charge in [0.15, 0.2) is 0 Å². The Hall–Kier alpha value is -0.870. The summed E-state index contributed by atoms with van der Waals surface area (Å²) in [6, 6.07) is 1.97. The van der Waals surface area contributed by atoms with Gasteiger partial charge in [-0.15, -0.1) is 0 Å². The van der Waals surface area contributed by atoms with Crippen molar-refractivity contribution in [3.8, 4) is 0 Å². The van der Waals surface area contributed by atoms with Gasteiger partial charge in [-0.2, -0.15) is 5.10 Å². The molecule has 4 nitrogen and oxygen atoms in total. The highest BCUT2D eigenvalue weighted by molar-refractivity contribution is 5.08. The van der Waals surface area contributed by atoms with E-state index in [0.29, 0.717) is 0 Å². The van der Waals surface area contributed by atoms with Crippen molar-refractivity contribution in [2.75, 3.05) is 20.1 Å². The zero-order valence-corrected chi connectivity index (χ0v) is 9.24. The van der Waals surface area contributed by atoms with E-state index in [0.717, 1.165) is 23.7 Å². The number of rotatable bonds is 3. The fraction of sp³-hybridized carbons (Fsp3) is 0.727. The third-order valence-electron chi connectivity index (χ3n) is 3.19. The molecule has 0 unspecified atom stereocenters. The summed E-state index contributed by atoms with van der Waals surface area (Å²) in [7, 11) is 2.18. The Morgan fingerprint density at radius 2 is 2.27 bits per heavy atom. The molecular formula is C11H19N3O. The fourth-order valence-corrected chi connectivity index (χ4v) is 2.16. The van der Waals surface area contributed by atoms with Crippen molar-refractivity contribution >= 4 is 0 Å². The number of nitrogens with zero attached hydrogens (tertiary/aromatic N) is 2. The number of hydrogen-bond acceptors (Lipinski definition) is 3. The molecule has 1 aliphatic rings. The fourth-order valence-electron chi connectivity index (χ4n) is 2.16. The summed E-state index contributed by atoms with van der Waals surface area (Å²) in [4.78, 5) is 2.38. The van der Waals surface area contributed by atoms with Crippen LogP contribution in [0.1, 0.15) is 24.2 Å². The van der Waals surface area contributed by atoms with Crippen LogP contribution in [0.15, 0.2) is 6.07 Å². The van der Waals surface area contributed by atoms with E-state index < -0.39 is 0 Å². The Bertz CT molecular complexity index is 303. The van der Waals surface area contributed by atoms with E-state index in [1.165, 1.54) is 25.9 Å². The molecule has 0 aromatic carbocycles. The number of aromatic amines is 1. The molecule has 1 aliphatic heterocycles. The molecule has 2 rings (SSSR count). The summed E-state index contributed by atoms with van der Waals surface area (Å²) < 4.78 is 0. The van der Waals surface area contributed by atoms with E-state index >= 15 is 0 Å². The Morgan fingerprint density at radius 1 is 1.53 bits per heavy atom. The molecule has 0 atom stereocenters. The van der Waals surface area contributed by atoms with Crippen molar-refractivity contribution in [3.63, 3.8) is 0 Å². The minimum absolute atomic E-state index is 0.0560. The third kappa shape index (κ3) is 2.79. The number of aliphatic hydroxyl groups is 1. The van der Waals surface area contributed by atoms with Gasteiger partial charge in [-0.3, -0.25) is 5.10 Å². The van der Waals surface area contributed by atoms with Crippen LogP contribution in [0.3, 0.4) is 0 Å². The maximum absolute atomic E-state index is 8.91. The van der Waals surface area contributed by atoms with Gasteiger partial charge in [0.25, 0.3) is 0 Å². The second kappa shape index (κ2) is 4.77. The van der Waals surface area contributed by atoms with Crippen LogP contribution in [0, 0.1) is 5.92 Å². The molecule has 15 heavy (non-hydrogen) atoms. The van der Waals surface area contributed by atoms with Gasteiger partial charge in [0.1, 0.15) is 0 Å². The molecule has 1 aromatic heterocycles. The van der Waals surface area contributed by atoms with E-state index in [2.05, 4.69) is 22.1 Å². The van der Waals surface area contributed by atoms with Crippen molar-refractivity contribution < 1.29 is 5.11 Å². The van der Waals surface area contributed by atoms with E-state index in [9.17, 15) is 0 Å². The van der Waals surface area contributed by atoms with Gasteiger partial charge in [-0.25, -0.2) is 0 Å². The largest absolute Gasteiger partial charge is 0.390 e. The summed E-state index contributed by atoms with van der Waals surface area (Å²) in [5, 5.41) is 16.0. The van der Waals surface area contributed by atoms with Gasteiger partial charge in [0.2, 0.25) is 0 Å². The topological polar surface area (TPSA) is 52.1 Å². The van der Waals surface area contributed by atoms with Crippen molar-refractivity contribution in [2.45, 2.75) is 25.9 Å². The van der Waals surface area contributed by atoms with Gasteiger partial charge in [-0.05, 0) is 51.4 Å². The van der Waals surface area contributed by atoms with Crippen LogP contribution in [0.4, 0.5) is 0 Å². The Kier molecular flexibility index (Phi) is 3.38. The van der Waals surface area contributed by atoms with Crippen molar-refractivity contribution in [1.82, 2.24) is 15.1 Å². The molecule has 0 amide bonds. The molecule has 0 bridgehead atoms. The third-order valence-corrected chi connectivity index (χ3v) is 3.19. The van der Waals surface area contributed by atoms with Crippen LogP contribution in [0.25, 0.3) is 0 Å². The Balaban J connectivity index is 1.86. The highest BCUT2D eigenvalue weighted by atomic mass is 16.3. The first kappa shape index (κ1) is 10.6. The number of H-pyrrole nitrogens is 1. The predicted octanol–water partition coefficient (Wildman–Crippen LogP) is 0.786. The second-order valence-electron chi connectivity index (χ2n) is 4.49. The van der Waals surface area contributed by atoms with Crippen LogP contribution in [0.2, 0.25) is 0 Å². The zero-order valence-electron chi connectivity index (χ0n) is 9.24. The highest BCUT2D eigenvalue weighted by Crippen LogP contribution is 2.20. The van der Waals surface area contributed by atoms with Crippen LogP contribution in [-0.4, -0.2) is 40.3 Å². The maximum atomic E-state index is 8.91. The highest BCUT2D eigenvalue weighted by Gasteiger charge is 2.17. The van der Waals surface area contributed by atoms with Crippen LogP contribution >= 0.6 is 0 Å². The smallest absolute Gasteiger partial charge is 0.0847 e. The molecule has 1 saturated heterocycles. The summed E-state index contributed by atoms with van der Waals surface area (Å²) in [6.07, 6.45) is 3.57. The van der Waals surface area contributed by atoms with Crippen LogP contribution < -0.4 is 0 Å². The van der Waals surface area contributed by atoms with Crippen LogP contribution in [-0.2, 0) is 13.0 Å². The quantitative estimate of drug-likeness (QED) is 0.773. The summed E-state index contributed by atoms with van der Waals surface area (Å²) in [5.74, 6) is 0.760. The van der Waals surface area contributed by atoms with Gasteiger partial charge < -0.3 is 10.0 Å². The van der Waals surface area contributed by atoms with E-state index in [-0.39, 0.29) is 6.61 Å². The molecule has 4 heteroatoms. The lowest BCUT2D eigenvalue weighted by Crippen LogP contribution is -2.30. The van der Waals surface area contributed by atoms with E-state index in [4.69, 9.17) is 5.11 Å². The monoisotopic (exact) mass is 209 g/mol. The molecular weight excluding hydrogens is 190 g/mol.